The molecule has 3 aromatic rings. The van der Waals surface area contributed by atoms with Gasteiger partial charge in [0.1, 0.15) is 5.82 Å². The fourth-order valence-electron chi connectivity index (χ4n) is 2.42. The number of amides is 1. The van der Waals surface area contributed by atoms with Gasteiger partial charge in [0.2, 0.25) is 5.91 Å². The van der Waals surface area contributed by atoms with Crippen molar-refractivity contribution in [1.29, 1.82) is 0 Å². The van der Waals surface area contributed by atoms with Crippen LogP contribution >= 0.6 is 0 Å². The first kappa shape index (κ1) is 15.8. The van der Waals surface area contributed by atoms with Gasteiger partial charge in [-0.15, -0.1) is 0 Å². The predicted octanol–water partition coefficient (Wildman–Crippen LogP) is 3.97. The van der Waals surface area contributed by atoms with Gasteiger partial charge in [-0.3, -0.25) is 14.2 Å². The summed E-state index contributed by atoms with van der Waals surface area (Å²) in [5, 5.41) is 2.64. The molecule has 1 amide bonds. The minimum absolute atomic E-state index is 0.0408. The van der Waals surface area contributed by atoms with Gasteiger partial charge in [0.05, 0.1) is 11.1 Å². The van der Waals surface area contributed by atoms with E-state index in [0.29, 0.717) is 5.52 Å². The monoisotopic (exact) mass is 332 g/mol. The zero-order chi connectivity index (χ0) is 17.4. The summed E-state index contributed by atoms with van der Waals surface area (Å²) in [4.78, 5) is 24.1. The van der Waals surface area contributed by atoms with Crippen molar-refractivity contribution in [2.24, 2.45) is 0 Å². The van der Waals surface area contributed by atoms with Gasteiger partial charge in [0, 0.05) is 30.3 Å². The number of aromatic nitrogens is 1. The number of nitrogens with one attached hydrogen (secondary N) is 1. The summed E-state index contributed by atoms with van der Waals surface area (Å²) in [7, 11) is 0. The number of hydrogen-bond acceptors (Lipinski definition) is 2. The molecule has 0 aliphatic carbocycles. The summed E-state index contributed by atoms with van der Waals surface area (Å²) < 4.78 is 40.9. The summed E-state index contributed by atoms with van der Waals surface area (Å²) in [6, 6.07) is 6.61. The standard InChI is InChI=1S/C17H11F3N2O2/c1-9(23)22-8-13(12-6-10(18)2-5-16(12)22)17(24)21-11-3-4-14(19)15(20)7-11/h2-8H,1H3,(H,21,24). The molecular formula is C17H11F3N2O2. The first-order valence-corrected chi connectivity index (χ1v) is 6.95. The van der Waals surface area contributed by atoms with E-state index < -0.39 is 23.4 Å². The van der Waals surface area contributed by atoms with Gasteiger partial charge in [-0.05, 0) is 30.3 Å². The molecule has 0 unspecified atom stereocenters. The van der Waals surface area contributed by atoms with E-state index in [1.807, 2.05) is 0 Å². The zero-order valence-electron chi connectivity index (χ0n) is 12.4. The van der Waals surface area contributed by atoms with Crippen LogP contribution in [0.4, 0.5) is 18.9 Å². The van der Waals surface area contributed by atoms with Gasteiger partial charge >= 0.3 is 0 Å². The lowest BCUT2D eigenvalue weighted by Crippen LogP contribution is -2.12. The van der Waals surface area contributed by atoms with Crippen LogP contribution in [-0.2, 0) is 0 Å². The highest BCUT2D eigenvalue weighted by Gasteiger charge is 2.18. The summed E-state index contributed by atoms with van der Waals surface area (Å²) in [5.41, 5.74) is 0.461. The maximum Gasteiger partial charge on any atom is 0.257 e. The van der Waals surface area contributed by atoms with E-state index in [-0.39, 0.29) is 22.5 Å². The van der Waals surface area contributed by atoms with E-state index in [2.05, 4.69) is 5.32 Å². The molecule has 122 valence electrons. The number of carbonyl (C=O) groups excluding carboxylic acids is 2. The van der Waals surface area contributed by atoms with Gasteiger partial charge in [-0.25, -0.2) is 13.2 Å². The fourth-order valence-corrected chi connectivity index (χ4v) is 2.42. The Morgan fingerprint density at radius 1 is 1.00 bits per heavy atom. The first-order chi connectivity index (χ1) is 11.4. The molecule has 0 saturated heterocycles. The molecule has 3 rings (SSSR count). The highest BCUT2D eigenvalue weighted by molar-refractivity contribution is 6.14. The molecule has 7 heteroatoms. The molecule has 1 aromatic heterocycles. The average Bonchev–Trinajstić information content (AvgIpc) is 2.90. The third-order valence-electron chi connectivity index (χ3n) is 3.53. The van der Waals surface area contributed by atoms with Crippen LogP contribution < -0.4 is 5.32 Å². The summed E-state index contributed by atoms with van der Waals surface area (Å²) in [6.07, 6.45) is 1.28. The summed E-state index contributed by atoms with van der Waals surface area (Å²) in [5.74, 6) is -3.73. The SMILES string of the molecule is CC(=O)n1cc(C(=O)Nc2ccc(F)c(F)c2)c2cc(F)ccc21. The number of benzene rings is 2. The maximum atomic E-state index is 13.5. The van der Waals surface area contributed by atoms with Crippen molar-refractivity contribution in [3.63, 3.8) is 0 Å². The number of hydrogen-bond donors (Lipinski definition) is 1. The molecule has 2 aromatic carbocycles. The Morgan fingerprint density at radius 3 is 2.42 bits per heavy atom. The number of halogens is 3. The van der Waals surface area contributed by atoms with Gasteiger partial charge in [-0.1, -0.05) is 0 Å². The van der Waals surface area contributed by atoms with Crippen molar-refractivity contribution in [2.75, 3.05) is 5.32 Å². The quantitative estimate of drug-likeness (QED) is 0.772. The summed E-state index contributed by atoms with van der Waals surface area (Å²) in [6.45, 7) is 1.31. The predicted molar refractivity (Wildman–Crippen MR) is 82.5 cm³/mol. The van der Waals surface area contributed by atoms with Gasteiger partial charge in [-0.2, -0.15) is 0 Å². The van der Waals surface area contributed by atoms with Crippen LogP contribution in [0.5, 0.6) is 0 Å². The van der Waals surface area contributed by atoms with Crippen LogP contribution in [-0.4, -0.2) is 16.4 Å². The average molecular weight is 332 g/mol. The highest BCUT2D eigenvalue weighted by Crippen LogP contribution is 2.24. The van der Waals surface area contributed by atoms with E-state index in [9.17, 15) is 22.8 Å². The van der Waals surface area contributed by atoms with Crippen molar-refractivity contribution in [3.05, 3.63) is 65.6 Å². The molecule has 0 spiro atoms. The number of fused-ring (bicyclic) bond motifs is 1. The third-order valence-corrected chi connectivity index (χ3v) is 3.53. The largest absolute Gasteiger partial charge is 0.322 e. The molecule has 1 heterocycles. The molecule has 0 fully saturated rings. The Labute approximate surface area is 134 Å². The topological polar surface area (TPSA) is 51.1 Å². The van der Waals surface area contributed by atoms with E-state index in [1.54, 1.807) is 0 Å². The van der Waals surface area contributed by atoms with Crippen LogP contribution in [0.2, 0.25) is 0 Å². The Morgan fingerprint density at radius 2 is 1.75 bits per heavy atom. The molecule has 4 nitrogen and oxygen atoms in total. The molecule has 0 aliphatic rings. The number of anilines is 1. The van der Waals surface area contributed by atoms with Gasteiger partial charge < -0.3 is 5.32 Å². The van der Waals surface area contributed by atoms with Crippen LogP contribution in [0.3, 0.4) is 0 Å². The van der Waals surface area contributed by atoms with Crippen molar-refractivity contribution in [2.45, 2.75) is 6.92 Å². The van der Waals surface area contributed by atoms with Crippen LogP contribution in [0.25, 0.3) is 10.9 Å². The fraction of sp³-hybridized carbons (Fsp3) is 0.0588. The normalized spacial score (nSPS) is 10.8. The molecule has 0 atom stereocenters. The van der Waals surface area contributed by atoms with E-state index >= 15 is 0 Å². The minimum atomic E-state index is -1.11. The number of nitrogens with zero attached hydrogens (tertiary/aromatic N) is 1. The van der Waals surface area contributed by atoms with E-state index in [4.69, 9.17) is 0 Å². The second kappa shape index (κ2) is 5.84. The smallest absolute Gasteiger partial charge is 0.257 e. The molecular weight excluding hydrogens is 321 g/mol. The van der Waals surface area contributed by atoms with Crippen molar-refractivity contribution in [3.8, 4) is 0 Å². The van der Waals surface area contributed by atoms with Crippen molar-refractivity contribution >= 4 is 28.4 Å². The van der Waals surface area contributed by atoms with Crippen LogP contribution in [0, 0.1) is 17.5 Å². The molecule has 0 radical (unpaired) electrons. The molecule has 1 N–H and O–H groups in total. The lowest BCUT2D eigenvalue weighted by Gasteiger charge is -2.05. The highest BCUT2D eigenvalue weighted by atomic mass is 19.2. The molecule has 0 saturated carbocycles. The molecule has 0 bridgehead atoms. The second-order valence-corrected chi connectivity index (χ2v) is 5.18. The Hall–Kier alpha value is -3.09. The number of carbonyl (C=O) groups is 2. The molecule has 0 aliphatic heterocycles. The first-order valence-electron chi connectivity index (χ1n) is 6.95. The lowest BCUT2D eigenvalue weighted by molar-refractivity contribution is 0.0941. The van der Waals surface area contributed by atoms with Gasteiger partial charge in [0.25, 0.3) is 5.91 Å². The third kappa shape index (κ3) is 2.76. The minimum Gasteiger partial charge on any atom is -0.322 e. The van der Waals surface area contributed by atoms with Crippen LogP contribution in [0.15, 0.2) is 42.6 Å². The van der Waals surface area contributed by atoms with Crippen molar-refractivity contribution in [1.82, 2.24) is 4.57 Å². The second-order valence-electron chi connectivity index (χ2n) is 5.18. The Bertz CT molecular complexity index is 979. The van der Waals surface area contributed by atoms with E-state index in [1.165, 1.54) is 35.9 Å². The Kier molecular flexibility index (Phi) is 3.84. The zero-order valence-corrected chi connectivity index (χ0v) is 12.4. The van der Waals surface area contributed by atoms with E-state index in [0.717, 1.165) is 18.2 Å². The summed E-state index contributed by atoms with van der Waals surface area (Å²) >= 11 is 0. The van der Waals surface area contributed by atoms with Crippen LogP contribution in [0.1, 0.15) is 22.1 Å². The Balaban J connectivity index is 2.04. The van der Waals surface area contributed by atoms with Crippen molar-refractivity contribution < 1.29 is 22.8 Å². The lowest BCUT2D eigenvalue weighted by atomic mass is 10.1. The maximum absolute atomic E-state index is 13.5. The molecule has 24 heavy (non-hydrogen) atoms. The van der Waals surface area contributed by atoms with Gasteiger partial charge in [0.15, 0.2) is 11.6 Å². The number of rotatable bonds is 2.